The molecule has 1 aromatic heterocycles. The molecule has 6 nitrogen and oxygen atoms in total. The number of hydrogen-bond donors (Lipinski definition) is 0. The van der Waals surface area contributed by atoms with Gasteiger partial charge in [0, 0.05) is 31.4 Å². The molecule has 2 aliphatic heterocycles. The van der Waals surface area contributed by atoms with Crippen LogP contribution in [0.25, 0.3) is 0 Å². The quantitative estimate of drug-likeness (QED) is 0.757. The lowest BCUT2D eigenvalue weighted by atomic mass is 10.0. The third-order valence-corrected chi connectivity index (χ3v) is 7.17. The number of nitrogens with zero attached hydrogens (tertiary/aromatic N) is 3. The number of thiophene rings is 1. The van der Waals surface area contributed by atoms with Gasteiger partial charge >= 0.3 is 0 Å². The van der Waals surface area contributed by atoms with Gasteiger partial charge in [-0.25, -0.2) is 0 Å². The van der Waals surface area contributed by atoms with Crippen molar-refractivity contribution in [3.8, 4) is 0 Å². The number of carbonyl (C=O) groups excluding carboxylic acids is 3. The Bertz CT molecular complexity index is 996. The smallest absolute Gasteiger partial charge is 0.257 e. The molecular weight excluding hydrogens is 398 g/mol. The van der Waals surface area contributed by atoms with E-state index < -0.39 is 0 Å². The number of likely N-dealkylation sites (N-methyl/N-ethyl adjacent to an activating group) is 2. The number of benzene rings is 1. The van der Waals surface area contributed by atoms with Crippen LogP contribution in [0.3, 0.4) is 0 Å². The molecule has 0 fully saturated rings. The minimum Gasteiger partial charge on any atom is -0.337 e. The van der Waals surface area contributed by atoms with Crippen LogP contribution in [0.4, 0.5) is 5.00 Å². The van der Waals surface area contributed by atoms with Crippen molar-refractivity contribution in [3.63, 3.8) is 0 Å². The van der Waals surface area contributed by atoms with E-state index in [1.54, 1.807) is 11.9 Å². The second-order valence-corrected chi connectivity index (χ2v) is 9.12. The van der Waals surface area contributed by atoms with Crippen LogP contribution in [0.15, 0.2) is 24.3 Å². The molecule has 0 radical (unpaired) electrons. The van der Waals surface area contributed by atoms with Crippen molar-refractivity contribution in [3.05, 3.63) is 51.4 Å². The molecule has 0 N–H and O–H groups in total. The Labute approximate surface area is 181 Å². The number of anilines is 1. The molecule has 3 heterocycles. The molecule has 7 heteroatoms. The van der Waals surface area contributed by atoms with Gasteiger partial charge in [0.05, 0.1) is 12.1 Å². The van der Waals surface area contributed by atoms with E-state index in [1.807, 2.05) is 11.8 Å². The lowest BCUT2D eigenvalue weighted by molar-refractivity contribution is -0.132. The zero-order valence-corrected chi connectivity index (χ0v) is 18.6. The van der Waals surface area contributed by atoms with Crippen LogP contribution in [-0.2, 0) is 29.0 Å². The number of amides is 3. The molecule has 0 atom stereocenters. The van der Waals surface area contributed by atoms with Crippen LogP contribution in [0.2, 0.25) is 0 Å². The van der Waals surface area contributed by atoms with Crippen LogP contribution in [-0.4, -0.2) is 54.2 Å². The Kier molecular flexibility index (Phi) is 5.64. The summed E-state index contributed by atoms with van der Waals surface area (Å²) in [7, 11) is 1.68. The van der Waals surface area contributed by atoms with Crippen molar-refractivity contribution in [2.75, 3.05) is 31.6 Å². The predicted octanol–water partition coefficient (Wildman–Crippen LogP) is 3.01. The number of carbonyl (C=O) groups is 3. The van der Waals surface area contributed by atoms with Crippen molar-refractivity contribution in [1.29, 1.82) is 0 Å². The Morgan fingerprint density at radius 2 is 1.87 bits per heavy atom. The lowest BCUT2D eigenvalue weighted by Crippen LogP contribution is -2.38. The monoisotopic (exact) mass is 425 g/mol. The van der Waals surface area contributed by atoms with Crippen molar-refractivity contribution < 1.29 is 14.4 Å². The summed E-state index contributed by atoms with van der Waals surface area (Å²) in [4.78, 5) is 44.5. The number of hydrogen-bond acceptors (Lipinski definition) is 4. The fraction of sp³-hybridized carbons (Fsp3) is 0.435. The van der Waals surface area contributed by atoms with E-state index in [0.717, 1.165) is 21.9 Å². The third kappa shape index (κ3) is 3.74. The molecular formula is C23H27N3O3S. The van der Waals surface area contributed by atoms with Crippen LogP contribution < -0.4 is 4.90 Å². The Balaban J connectivity index is 1.52. The highest BCUT2D eigenvalue weighted by molar-refractivity contribution is 7.17. The van der Waals surface area contributed by atoms with Gasteiger partial charge in [0.15, 0.2) is 0 Å². The standard InChI is InChI=1S/C23H27N3O3S/c1-4-26-20(28)14-24(3)22(29)21-17-11-12-25(13-18(17)30-23(21)26)19(27)10-9-16-7-5-15(2)6-8-16/h5-8H,4,9-14H2,1-3H3. The third-order valence-electron chi connectivity index (χ3n) is 5.93. The summed E-state index contributed by atoms with van der Waals surface area (Å²) >= 11 is 1.49. The molecule has 0 unspecified atom stereocenters. The lowest BCUT2D eigenvalue weighted by Gasteiger charge is -2.27. The zero-order chi connectivity index (χ0) is 21.4. The summed E-state index contributed by atoms with van der Waals surface area (Å²) in [5.41, 5.74) is 4.06. The largest absolute Gasteiger partial charge is 0.337 e. The van der Waals surface area contributed by atoms with Crippen LogP contribution in [0.5, 0.6) is 0 Å². The highest BCUT2D eigenvalue weighted by Crippen LogP contribution is 2.41. The minimum absolute atomic E-state index is 0.0586. The topological polar surface area (TPSA) is 60.9 Å². The van der Waals surface area contributed by atoms with E-state index in [4.69, 9.17) is 0 Å². The van der Waals surface area contributed by atoms with Gasteiger partial charge in [-0.2, -0.15) is 0 Å². The zero-order valence-electron chi connectivity index (χ0n) is 17.7. The normalized spacial score (nSPS) is 16.4. The average molecular weight is 426 g/mol. The van der Waals surface area contributed by atoms with Gasteiger partial charge in [-0.15, -0.1) is 11.3 Å². The first-order chi connectivity index (χ1) is 14.4. The molecule has 0 bridgehead atoms. The highest BCUT2D eigenvalue weighted by Gasteiger charge is 2.36. The maximum atomic E-state index is 12.9. The maximum Gasteiger partial charge on any atom is 0.257 e. The Morgan fingerprint density at radius 1 is 1.13 bits per heavy atom. The Hall–Kier alpha value is -2.67. The van der Waals surface area contributed by atoms with Crippen LogP contribution in [0.1, 0.15) is 45.3 Å². The van der Waals surface area contributed by atoms with E-state index >= 15 is 0 Å². The van der Waals surface area contributed by atoms with Crippen molar-refractivity contribution >= 4 is 34.1 Å². The molecule has 2 aliphatic rings. The van der Waals surface area contributed by atoms with Gasteiger partial charge in [0.1, 0.15) is 11.5 Å². The highest BCUT2D eigenvalue weighted by atomic mass is 32.1. The van der Waals surface area contributed by atoms with Crippen LogP contribution >= 0.6 is 11.3 Å². The van der Waals surface area contributed by atoms with E-state index in [1.165, 1.54) is 27.4 Å². The first kappa shape index (κ1) is 20.6. The molecule has 2 aromatic rings. The second kappa shape index (κ2) is 8.22. The summed E-state index contributed by atoms with van der Waals surface area (Å²) in [6.07, 6.45) is 1.86. The molecule has 0 saturated heterocycles. The van der Waals surface area contributed by atoms with Crippen molar-refractivity contribution in [2.45, 2.75) is 39.7 Å². The first-order valence-corrected chi connectivity index (χ1v) is 11.2. The molecule has 0 aliphatic carbocycles. The van der Waals surface area contributed by atoms with E-state index in [0.29, 0.717) is 38.0 Å². The van der Waals surface area contributed by atoms with Gasteiger partial charge in [-0.3, -0.25) is 14.4 Å². The average Bonchev–Trinajstić information content (AvgIpc) is 3.07. The minimum atomic E-state index is -0.0917. The molecule has 30 heavy (non-hydrogen) atoms. The summed E-state index contributed by atoms with van der Waals surface area (Å²) in [5, 5.41) is 0.746. The summed E-state index contributed by atoms with van der Waals surface area (Å²) in [6.45, 7) is 5.75. The van der Waals surface area contributed by atoms with Gasteiger partial charge in [0.2, 0.25) is 11.8 Å². The molecule has 3 amide bonds. The van der Waals surface area contributed by atoms with E-state index in [2.05, 4.69) is 31.2 Å². The second-order valence-electron chi connectivity index (χ2n) is 8.03. The predicted molar refractivity (Wildman–Crippen MR) is 118 cm³/mol. The molecule has 158 valence electrons. The summed E-state index contributed by atoms with van der Waals surface area (Å²) < 4.78 is 0. The van der Waals surface area contributed by atoms with Gasteiger partial charge in [-0.1, -0.05) is 29.8 Å². The molecule has 4 rings (SSSR count). The van der Waals surface area contributed by atoms with Crippen LogP contribution in [0, 0.1) is 6.92 Å². The molecule has 1 aromatic carbocycles. The summed E-state index contributed by atoms with van der Waals surface area (Å²) in [5.74, 6) is -0.0145. The van der Waals surface area contributed by atoms with Crippen molar-refractivity contribution in [2.24, 2.45) is 0 Å². The SMILES string of the molecule is CCN1C(=O)CN(C)C(=O)c2c1sc1c2CCN(C(=O)CCc2ccc(C)cc2)C1. The van der Waals surface area contributed by atoms with Gasteiger partial charge in [-0.05, 0) is 37.8 Å². The number of rotatable bonds is 4. The Morgan fingerprint density at radius 3 is 2.57 bits per heavy atom. The van der Waals surface area contributed by atoms with E-state index in [-0.39, 0.29) is 24.3 Å². The fourth-order valence-corrected chi connectivity index (χ4v) is 5.60. The molecule has 0 spiro atoms. The maximum absolute atomic E-state index is 12.9. The first-order valence-electron chi connectivity index (χ1n) is 10.4. The van der Waals surface area contributed by atoms with E-state index in [9.17, 15) is 14.4 Å². The van der Waals surface area contributed by atoms with Gasteiger partial charge in [0.25, 0.3) is 5.91 Å². The number of aryl methyl sites for hydroxylation is 2. The van der Waals surface area contributed by atoms with Gasteiger partial charge < -0.3 is 14.7 Å². The fourth-order valence-electron chi connectivity index (χ4n) is 4.16. The number of fused-ring (bicyclic) bond motifs is 3. The summed E-state index contributed by atoms with van der Waals surface area (Å²) in [6, 6.07) is 8.29. The molecule has 0 saturated carbocycles. The van der Waals surface area contributed by atoms with Crippen molar-refractivity contribution in [1.82, 2.24) is 9.80 Å².